The highest BCUT2D eigenvalue weighted by atomic mass is 16.1. The number of aryl methyl sites for hydroxylation is 1. The van der Waals surface area contributed by atoms with E-state index in [4.69, 9.17) is 0 Å². The molecule has 0 fully saturated rings. The Bertz CT molecular complexity index is 1190. The number of carbonyl (C=O) groups is 1. The molecule has 156 valence electrons. The van der Waals surface area contributed by atoms with Crippen LogP contribution in [0.1, 0.15) is 60.4 Å². The minimum Gasteiger partial charge on any atom is -0.335 e. The zero-order valence-electron chi connectivity index (χ0n) is 17.6. The second kappa shape index (κ2) is 8.30. The number of rotatable bonds is 6. The van der Waals surface area contributed by atoms with Crippen LogP contribution in [0.3, 0.4) is 0 Å². The molecule has 4 aromatic rings. The predicted octanol–water partition coefficient (Wildman–Crippen LogP) is 5.24. The number of aromatic amines is 1. The number of hydrogen-bond acceptors (Lipinski definition) is 4. The van der Waals surface area contributed by atoms with Crippen molar-refractivity contribution < 1.29 is 4.79 Å². The maximum atomic E-state index is 12.5. The Labute approximate surface area is 181 Å². The van der Waals surface area contributed by atoms with E-state index in [1.165, 1.54) is 11.3 Å². The Balaban J connectivity index is 1.50. The number of tetrazole rings is 1. The molecule has 2 aromatic carbocycles. The van der Waals surface area contributed by atoms with Crippen LogP contribution in [0.5, 0.6) is 0 Å². The highest BCUT2D eigenvalue weighted by molar-refractivity contribution is 5.95. The monoisotopic (exact) mass is 411 g/mol. The maximum Gasteiger partial charge on any atom is 0.180 e. The number of unbranched alkanes of at least 4 members (excludes halogenated alkanes) is 1. The van der Waals surface area contributed by atoms with Gasteiger partial charge in [0.2, 0.25) is 0 Å². The Kier molecular flexibility index (Phi) is 5.20. The molecule has 0 saturated heterocycles. The lowest BCUT2D eigenvalue weighted by atomic mass is 9.92. The third kappa shape index (κ3) is 3.58. The molecule has 6 nitrogen and oxygen atoms in total. The molecule has 1 unspecified atom stereocenters. The highest BCUT2D eigenvalue weighted by Crippen LogP contribution is 2.36. The number of aromatic nitrogens is 5. The van der Waals surface area contributed by atoms with Crippen LogP contribution >= 0.6 is 0 Å². The summed E-state index contributed by atoms with van der Waals surface area (Å²) in [7, 11) is 0. The van der Waals surface area contributed by atoms with Crippen molar-refractivity contribution in [2.24, 2.45) is 0 Å². The van der Waals surface area contributed by atoms with Gasteiger partial charge in [0.25, 0.3) is 0 Å². The average Bonchev–Trinajstić information content (AvgIpc) is 3.49. The van der Waals surface area contributed by atoms with Gasteiger partial charge in [-0.15, -0.1) is 5.10 Å². The second-order valence-electron chi connectivity index (χ2n) is 8.08. The summed E-state index contributed by atoms with van der Waals surface area (Å²) in [6.07, 6.45) is 4.74. The van der Waals surface area contributed by atoms with Crippen LogP contribution in [0.25, 0.3) is 22.5 Å². The number of nitrogens with one attached hydrogen (secondary N) is 1. The van der Waals surface area contributed by atoms with Gasteiger partial charge < -0.3 is 4.57 Å². The number of carbonyl (C=O) groups excluding carboxylic acids is 1. The fraction of sp³-hybridized carbons (Fsp3) is 0.280. The molecule has 0 saturated carbocycles. The summed E-state index contributed by atoms with van der Waals surface area (Å²) in [4.78, 5) is 12.5. The van der Waals surface area contributed by atoms with Crippen LogP contribution in [0.2, 0.25) is 0 Å². The number of H-pyrrole nitrogens is 1. The van der Waals surface area contributed by atoms with E-state index in [-0.39, 0.29) is 11.8 Å². The topological polar surface area (TPSA) is 76.5 Å². The van der Waals surface area contributed by atoms with E-state index < -0.39 is 0 Å². The Hall–Kier alpha value is -3.54. The van der Waals surface area contributed by atoms with Crippen molar-refractivity contribution >= 4 is 5.78 Å². The molecule has 0 radical (unpaired) electrons. The molecule has 1 N–H and O–H groups in total. The van der Waals surface area contributed by atoms with Crippen molar-refractivity contribution in [3.63, 3.8) is 0 Å². The quantitative estimate of drug-likeness (QED) is 0.470. The normalized spacial score (nSPS) is 15.8. The molecule has 0 bridgehead atoms. The first-order valence-corrected chi connectivity index (χ1v) is 10.9. The predicted molar refractivity (Wildman–Crippen MR) is 120 cm³/mol. The van der Waals surface area contributed by atoms with Crippen LogP contribution in [-0.4, -0.2) is 31.0 Å². The van der Waals surface area contributed by atoms with Crippen molar-refractivity contribution in [3.05, 3.63) is 77.6 Å². The van der Waals surface area contributed by atoms with Gasteiger partial charge in [-0.2, -0.15) is 0 Å². The van der Waals surface area contributed by atoms with Crippen molar-refractivity contribution in [1.29, 1.82) is 0 Å². The molecule has 2 aromatic heterocycles. The van der Waals surface area contributed by atoms with Crippen LogP contribution in [0.4, 0.5) is 0 Å². The Morgan fingerprint density at radius 1 is 1.03 bits per heavy atom. The van der Waals surface area contributed by atoms with Crippen molar-refractivity contribution in [2.75, 3.05) is 0 Å². The third-order valence-corrected chi connectivity index (χ3v) is 6.17. The molecule has 1 aliphatic rings. The number of Topliss-reactive ketones (excluding diaryl/α,β-unsaturated/α-hetero) is 1. The van der Waals surface area contributed by atoms with Crippen LogP contribution in [-0.2, 0) is 6.42 Å². The summed E-state index contributed by atoms with van der Waals surface area (Å²) >= 11 is 0. The van der Waals surface area contributed by atoms with Crippen LogP contribution in [0, 0.1) is 0 Å². The van der Waals surface area contributed by atoms with E-state index >= 15 is 0 Å². The average molecular weight is 412 g/mol. The molecule has 0 amide bonds. The fourth-order valence-corrected chi connectivity index (χ4v) is 4.59. The molecule has 1 aliphatic heterocycles. The van der Waals surface area contributed by atoms with Crippen LogP contribution in [0.15, 0.2) is 60.7 Å². The van der Waals surface area contributed by atoms with Gasteiger partial charge in [0.05, 0.1) is 11.7 Å². The minimum absolute atomic E-state index is 0.206. The molecule has 3 heterocycles. The third-order valence-electron chi connectivity index (χ3n) is 6.17. The molecule has 1 atom stereocenters. The molecule has 6 heteroatoms. The van der Waals surface area contributed by atoms with Crippen molar-refractivity contribution in [1.82, 2.24) is 25.2 Å². The standard InChI is InChI=1S/C25H25N5O/c1-2-3-6-19-13-14-23-24(31)16-15-22(30(19)23)18-11-9-17(10-12-18)20-7-4-5-8-21(20)25-26-28-29-27-25/h4-5,7-14,22H,2-3,6,15-16H2,1H3,(H,26,27,28,29). The van der Waals surface area contributed by atoms with Gasteiger partial charge in [0.1, 0.15) is 0 Å². The lowest BCUT2D eigenvalue weighted by molar-refractivity contribution is 0.0947. The largest absolute Gasteiger partial charge is 0.335 e. The summed E-state index contributed by atoms with van der Waals surface area (Å²) < 4.78 is 2.28. The zero-order chi connectivity index (χ0) is 21.2. The minimum atomic E-state index is 0.206. The van der Waals surface area contributed by atoms with Gasteiger partial charge in [0, 0.05) is 17.7 Å². The van der Waals surface area contributed by atoms with E-state index in [1.807, 2.05) is 24.3 Å². The first-order chi connectivity index (χ1) is 15.3. The van der Waals surface area contributed by atoms with E-state index in [9.17, 15) is 4.79 Å². The number of hydrogen-bond donors (Lipinski definition) is 1. The second-order valence-corrected chi connectivity index (χ2v) is 8.08. The highest BCUT2D eigenvalue weighted by Gasteiger charge is 2.28. The maximum absolute atomic E-state index is 12.5. The molecule has 5 rings (SSSR count). The Morgan fingerprint density at radius 3 is 2.58 bits per heavy atom. The van der Waals surface area contributed by atoms with E-state index in [0.717, 1.165) is 48.1 Å². The van der Waals surface area contributed by atoms with E-state index in [2.05, 4.69) is 68.5 Å². The smallest absolute Gasteiger partial charge is 0.180 e. The summed E-state index contributed by atoms with van der Waals surface area (Å²) in [6, 6.07) is 21.2. The number of nitrogens with zero attached hydrogens (tertiary/aromatic N) is 4. The fourth-order valence-electron chi connectivity index (χ4n) is 4.59. The molecule has 31 heavy (non-hydrogen) atoms. The summed E-state index contributed by atoms with van der Waals surface area (Å²) in [5.41, 5.74) is 6.53. The van der Waals surface area contributed by atoms with Gasteiger partial charge in [-0.25, -0.2) is 5.10 Å². The summed E-state index contributed by atoms with van der Waals surface area (Å²) in [5, 5.41) is 14.3. The molecular weight excluding hydrogens is 386 g/mol. The first kappa shape index (κ1) is 19.4. The van der Waals surface area contributed by atoms with E-state index in [0.29, 0.717) is 12.2 Å². The van der Waals surface area contributed by atoms with E-state index in [1.54, 1.807) is 0 Å². The van der Waals surface area contributed by atoms with Gasteiger partial charge >= 0.3 is 0 Å². The number of benzene rings is 2. The summed E-state index contributed by atoms with van der Waals surface area (Å²) in [5.74, 6) is 0.910. The SMILES string of the molecule is CCCCc1ccc2n1C(c1ccc(-c3ccccc3-c3nnn[nH]3)cc1)CCC2=O. The molecule has 0 spiro atoms. The first-order valence-electron chi connectivity index (χ1n) is 10.9. The molecular formula is C25H25N5O. The number of fused-ring (bicyclic) bond motifs is 1. The Morgan fingerprint density at radius 2 is 1.84 bits per heavy atom. The van der Waals surface area contributed by atoms with Gasteiger partial charge in [0.15, 0.2) is 11.6 Å². The van der Waals surface area contributed by atoms with Crippen molar-refractivity contribution in [3.8, 4) is 22.5 Å². The van der Waals surface area contributed by atoms with Crippen LogP contribution < -0.4 is 0 Å². The zero-order valence-corrected chi connectivity index (χ0v) is 17.6. The lowest BCUT2D eigenvalue weighted by Gasteiger charge is -2.28. The number of ketones is 1. The van der Waals surface area contributed by atoms with Gasteiger partial charge in [-0.3, -0.25) is 4.79 Å². The van der Waals surface area contributed by atoms with Gasteiger partial charge in [-0.1, -0.05) is 61.9 Å². The molecule has 0 aliphatic carbocycles. The van der Waals surface area contributed by atoms with Crippen molar-refractivity contribution in [2.45, 2.75) is 45.1 Å². The summed E-state index contributed by atoms with van der Waals surface area (Å²) in [6.45, 7) is 2.20. The lowest BCUT2D eigenvalue weighted by Crippen LogP contribution is -2.24. The van der Waals surface area contributed by atoms with Gasteiger partial charge in [-0.05, 0) is 58.5 Å².